The van der Waals surface area contributed by atoms with Crippen molar-refractivity contribution in [2.45, 2.75) is 38.0 Å². The molecule has 0 heterocycles. The maximum Gasteiger partial charge on any atom is 0.264 e. The van der Waals surface area contributed by atoms with Gasteiger partial charge < -0.3 is 10.1 Å². The molecule has 0 unspecified atom stereocenters. The lowest BCUT2D eigenvalue weighted by molar-refractivity contribution is -0.119. The number of benzene rings is 3. The zero-order valence-electron chi connectivity index (χ0n) is 20.0. The summed E-state index contributed by atoms with van der Waals surface area (Å²) in [5, 5.41) is 3.25. The summed E-state index contributed by atoms with van der Waals surface area (Å²) >= 11 is 6.17. The first-order chi connectivity index (χ1) is 16.8. The van der Waals surface area contributed by atoms with Gasteiger partial charge in [-0.1, -0.05) is 61.0 Å². The molecule has 0 atom stereocenters. The van der Waals surface area contributed by atoms with E-state index in [2.05, 4.69) is 12.2 Å². The van der Waals surface area contributed by atoms with E-state index >= 15 is 0 Å². The molecule has 0 saturated heterocycles. The van der Waals surface area contributed by atoms with E-state index in [9.17, 15) is 13.2 Å². The summed E-state index contributed by atoms with van der Waals surface area (Å²) < 4.78 is 33.8. The van der Waals surface area contributed by atoms with Crippen molar-refractivity contribution in [3.05, 3.63) is 88.9 Å². The molecule has 1 amide bonds. The number of amides is 1. The van der Waals surface area contributed by atoms with Gasteiger partial charge in [0.05, 0.1) is 17.2 Å². The Kier molecular flexibility index (Phi) is 9.57. The minimum Gasteiger partial charge on any atom is -0.493 e. The van der Waals surface area contributed by atoms with Crippen LogP contribution in [0.25, 0.3) is 0 Å². The number of hydrogen-bond acceptors (Lipinski definition) is 4. The highest BCUT2D eigenvalue weighted by Gasteiger charge is 2.28. The van der Waals surface area contributed by atoms with Crippen LogP contribution in [0.2, 0.25) is 5.02 Å². The number of hydrogen-bond donors (Lipinski definition) is 1. The molecule has 0 aliphatic rings. The van der Waals surface area contributed by atoms with Crippen LogP contribution in [0.5, 0.6) is 5.75 Å². The van der Waals surface area contributed by atoms with Gasteiger partial charge in [-0.05, 0) is 67.6 Å². The highest BCUT2D eigenvalue weighted by Crippen LogP contribution is 2.29. The Morgan fingerprint density at radius 3 is 2.49 bits per heavy atom. The minimum absolute atomic E-state index is 0.107. The number of para-hydroxylation sites is 1. The van der Waals surface area contributed by atoms with Crippen LogP contribution in [0, 0.1) is 6.92 Å². The molecule has 0 fully saturated rings. The Morgan fingerprint density at radius 1 is 1.03 bits per heavy atom. The second-order valence-electron chi connectivity index (χ2n) is 8.17. The largest absolute Gasteiger partial charge is 0.493 e. The number of carbonyl (C=O) groups is 1. The van der Waals surface area contributed by atoms with Crippen molar-refractivity contribution in [3.63, 3.8) is 0 Å². The zero-order chi connectivity index (χ0) is 25.3. The number of rotatable bonds is 12. The summed E-state index contributed by atoms with van der Waals surface area (Å²) in [7, 11) is -3.98. The number of anilines is 1. The average molecular weight is 515 g/mol. The summed E-state index contributed by atoms with van der Waals surface area (Å²) in [6, 6.07) is 20.9. The third-order valence-corrected chi connectivity index (χ3v) is 7.45. The van der Waals surface area contributed by atoms with Gasteiger partial charge in [0.25, 0.3) is 10.0 Å². The second kappa shape index (κ2) is 12.6. The van der Waals surface area contributed by atoms with Crippen LogP contribution in [0.15, 0.2) is 77.7 Å². The molecular formula is C27H31ClN2O4S. The first-order valence-corrected chi connectivity index (χ1v) is 13.5. The molecule has 186 valence electrons. The van der Waals surface area contributed by atoms with Gasteiger partial charge >= 0.3 is 0 Å². The molecule has 1 N–H and O–H groups in total. The van der Waals surface area contributed by atoms with E-state index in [1.54, 1.807) is 43.3 Å². The summed E-state index contributed by atoms with van der Waals surface area (Å²) in [5.41, 5.74) is 2.15. The number of carbonyl (C=O) groups excluding carboxylic acids is 1. The van der Waals surface area contributed by atoms with Gasteiger partial charge in [-0.3, -0.25) is 9.10 Å². The fourth-order valence-electron chi connectivity index (χ4n) is 3.63. The molecular weight excluding hydrogens is 484 g/mol. The van der Waals surface area contributed by atoms with Crippen LogP contribution in [-0.2, 0) is 21.2 Å². The molecule has 3 aromatic rings. The Morgan fingerprint density at radius 2 is 1.74 bits per heavy atom. The van der Waals surface area contributed by atoms with Gasteiger partial charge in [0.2, 0.25) is 5.91 Å². The van der Waals surface area contributed by atoms with Crippen LogP contribution in [0.1, 0.15) is 30.9 Å². The van der Waals surface area contributed by atoms with Crippen LogP contribution in [0.3, 0.4) is 0 Å². The number of nitrogens with zero attached hydrogens (tertiary/aromatic N) is 1. The van der Waals surface area contributed by atoms with Gasteiger partial charge in [0.15, 0.2) is 0 Å². The van der Waals surface area contributed by atoms with E-state index in [0.29, 0.717) is 35.8 Å². The lowest BCUT2D eigenvalue weighted by atomic mass is 10.1. The molecule has 3 rings (SSSR count). The maximum atomic E-state index is 13.5. The third-order valence-electron chi connectivity index (χ3n) is 5.44. The van der Waals surface area contributed by atoms with E-state index in [1.165, 1.54) is 12.1 Å². The number of nitrogens with one attached hydrogen (secondary N) is 1. The summed E-state index contributed by atoms with van der Waals surface area (Å²) in [4.78, 5) is 13.0. The van der Waals surface area contributed by atoms with E-state index in [0.717, 1.165) is 28.5 Å². The van der Waals surface area contributed by atoms with Gasteiger partial charge in [-0.2, -0.15) is 0 Å². The lowest BCUT2D eigenvalue weighted by Gasteiger charge is -2.26. The predicted molar refractivity (Wildman–Crippen MR) is 141 cm³/mol. The van der Waals surface area contributed by atoms with Crippen molar-refractivity contribution in [2.24, 2.45) is 0 Å². The summed E-state index contributed by atoms with van der Waals surface area (Å²) in [6.07, 6.45) is 2.36. The Hall–Kier alpha value is -3.03. The number of ether oxygens (including phenoxy) is 1. The molecule has 0 spiro atoms. The molecule has 0 bridgehead atoms. The van der Waals surface area contributed by atoms with Gasteiger partial charge in [-0.15, -0.1) is 0 Å². The highest BCUT2D eigenvalue weighted by molar-refractivity contribution is 7.92. The number of halogens is 1. The summed E-state index contributed by atoms with van der Waals surface area (Å²) in [6.45, 7) is 4.56. The molecule has 0 radical (unpaired) electrons. The highest BCUT2D eigenvalue weighted by atomic mass is 35.5. The number of aryl methyl sites for hydroxylation is 2. The van der Waals surface area contributed by atoms with Crippen molar-refractivity contribution < 1.29 is 17.9 Å². The van der Waals surface area contributed by atoms with Gasteiger partial charge in [0.1, 0.15) is 12.3 Å². The molecule has 35 heavy (non-hydrogen) atoms. The van der Waals surface area contributed by atoms with Crippen molar-refractivity contribution in [1.29, 1.82) is 0 Å². The van der Waals surface area contributed by atoms with Crippen molar-refractivity contribution in [2.75, 3.05) is 24.0 Å². The first-order valence-electron chi connectivity index (χ1n) is 11.6. The maximum absolute atomic E-state index is 13.5. The molecule has 8 heteroatoms. The normalized spacial score (nSPS) is 11.2. The standard InChI is InChI=1S/C27H31ClN2O4S/c1-3-18-34-26-14-8-7-10-22(26)11-9-17-29-27(31)20-30(25-19-23(28)16-15-21(25)2)35(32,33)24-12-5-4-6-13-24/h4-8,10,12-16,19H,3,9,11,17-18,20H2,1-2H3,(H,29,31). The fraction of sp³-hybridized carbons (Fsp3) is 0.296. The van der Waals surface area contributed by atoms with E-state index in [1.807, 2.05) is 24.3 Å². The average Bonchev–Trinajstić information content (AvgIpc) is 2.86. The molecule has 6 nitrogen and oxygen atoms in total. The van der Waals surface area contributed by atoms with E-state index in [4.69, 9.17) is 16.3 Å². The van der Waals surface area contributed by atoms with E-state index < -0.39 is 10.0 Å². The van der Waals surface area contributed by atoms with Gasteiger partial charge in [-0.25, -0.2) is 8.42 Å². The third kappa shape index (κ3) is 7.23. The second-order valence-corrected chi connectivity index (χ2v) is 10.5. The SMILES string of the molecule is CCCOc1ccccc1CCCNC(=O)CN(c1cc(Cl)ccc1C)S(=O)(=O)c1ccccc1. The monoisotopic (exact) mass is 514 g/mol. The van der Waals surface area contributed by atoms with Crippen LogP contribution < -0.4 is 14.4 Å². The molecule has 0 aliphatic heterocycles. The van der Waals surface area contributed by atoms with E-state index in [-0.39, 0.29) is 17.3 Å². The zero-order valence-corrected chi connectivity index (χ0v) is 21.6. The van der Waals surface area contributed by atoms with Crippen LogP contribution >= 0.6 is 11.6 Å². The van der Waals surface area contributed by atoms with Crippen molar-refractivity contribution >= 4 is 33.2 Å². The van der Waals surface area contributed by atoms with Crippen LogP contribution in [-0.4, -0.2) is 34.0 Å². The van der Waals surface area contributed by atoms with Gasteiger partial charge in [0, 0.05) is 11.6 Å². The first kappa shape index (κ1) is 26.6. The Labute approximate surface area is 212 Å². The predicted octanol–water partition coefficient (Wildman–Crippen LogP) is 5.38. The fourth-order valence-corrected chi connectivity index (χ4v) is 5.29. The molecule has 0 saturated carbocycles. The smallest absolute Gasteiger partial charge is 0.264 e. The minimum atomic E-state index is -3.98. The molecule has 0 aromatic heterocycles. The van der Waals surface area contributed by atoms with Crippen LogP contribution in [0.4, 0.5) is 5.69 Å². The topological polar surface area (TPSA) is 75.7 Å². The number of sulfonamides is 1. The van der Waals surface area contributed by atoms with Crippen molar-refractivity contribution in [1.82, 2.24) is 5.32 Å². The van der Waals surface area contributed by atoms with Crippen molar-refractivity contribution in [3.8, 4) is 5.75 Å². The quantitative estimate of drug-likeness (QED) is 0.329. The summed E-state index contributed by atoms with van der Waals surface area (Å²) in [5.74, 6) is 0.469. The lowest BCUT2D eigenvalue weighted by Crippen LogP contribution is -2.41. The molecule has 0 aliphatic carbocycles. The Balaban J connectivity index is 1.70. The molecule has 3 aromatic carbocycles. The Bertz CT molecular complexity index is 1230.